The van der Waals surface area contributed by atoms with Crippen LogP contribution in [-0.4, -0.2) is 94.1 Å². The van der Waals surface area contributed by atoms with Gasteiger partial charge >= 0.3 is 5.97 Å². The van der Waals surface area contributed by atoms with Crippen LogP contribution in [0.25, 0.3) is 0 Å². The summed E-state index contributed by atoms with van der Waals surface area (Å²) in [6, 6.07) is 6.39. The Labute approximate surface area is 225 Å². The van der Waals surface area contributed by atoms with Crippen LogP contribution >= 0.6 is 0 Å². The van der Waals surface area contributed by atoms with E-state index < -0.39 is 73.6 Å². The first-order chi connectivity index (χ1) is 18.7. The molecule has 2 saturated heterocycles. The van der Waals surface area contributed by atoms with Crippen LogP contribution in [0.4, 0.5) is 0 Å². The van der Waals surface area contributed by atoms with Gasteiger partial charge in [0.2, 0.25) is 6.29 Å². The summed E-state index contributed by atoms with van der Waals surface area (Å²) in [6.45, 7) is 3.22. The lowest BCUT2D eigenvalue weighted by atomic mass is 9.78. The molecule has 0 amide bonds. The zero-order chi connectivity index (χ0) is 28.3. The number of aliphatic hydroxyl groups excluding tert-OH is 4. The molecule has 39 heavy (non-hydrogen) atoms. The molecule has 0 unspecified atom stereocenters. The molecular weight excluding hydrogens is 516 g/mol. The lowest BCUT2D eigenvalue weighted by Crippen LogP contribution is -2.60. The van der Waals surface area contributed by atoms with Crippen molar-refractivity contribution in [2.75, 3.05) is 13.7 Å². The summed E-state index contributed by atoms with van der Waals surface area (Å²) in [5.74, 6) is -1.95. The second kappa shape index (κ2) is 12.6. The van der Waals surface area contributed by atoms with E-state index in [9.17, 15) is 35.1 Å². The molecule has 0 spiro atoms. The normalized spacial score (nSPS) is 36.9. The summed E-state index contributed by atoms with van der Waals surface area (Å²) in [5.41, 5.74) is 0.893. The Morgan fingerprint density at radius 1 is 1.08 bits per heavy atom. The molecule has 1 aromatic carbocycles. The van der Waals surface area contributed by atoms with Crippen LogP contribution in [0.2, 0.25) is 0 Å². The molecule has 12 heteroatoms. The molecule has 0 radical (unpaired) electrons. The maximum absolute atomic E-state index is 12.7. The first-order valence-electron chi connectivity index (χ1n) is 12.6. The maximum atomic E-state index is 12.7. The third-order valence-corrected chi connectivity index (χ3v) is 7.32. The van der Waals surface area contributed by atoms with Crippen molar-refractivity contribution in [1.29, 1.82) is 0 Å². The Bertz CT molecular complexity index is 1050. The molecule has 3 aliphatic heterocycles. The third kappa shape index (κ3) is 6.33. The van der Waals surface area contributed by atoms with Crippen LogP contribution in [0.1, 0.15) is 30.9 Å². The van der Waals surface area contributed by atoms with Gasteiger partial charge in [0.15, 0.2) is 6.29 Å². The monoisotopic (exact) mass is 550 g/mol. The van der Waals surface area contributed by atoms with E-state index in [0.29, 0.717) is 0 Å². The van der Waals surface area contributed by atoms with E-state index in [4.69, 9.17) is 23.7 Å². The van der Waals surface area contributed by atoms with Gasteiger partial charge in [-0.3, -0.25) is 4.79 Å². The predicted molar refractivity (Wildman–Crippen MR) is 132 cm³/mol. The minimum Gasteiger partial charge on any atom is -0.508 e. The van der Waals surface area contributed by atoms with Gasteiger partial charge in [-0.1, -0.05) is 18.2 Å². The van der Waals surface area contributed by atoms with Crippen LogP contribution < -0.4 is 0 Å². The molecule has 0 aromatic heterocycles. The van der Waals surface area contributed by atoms with E-state index >= 15 is 0 Å². The van der Waals surface area contributed by atoms with Crippen LogP contribution in [-0.2, 0) is 33.3 Å². The number of Topliss-reactive ketones (excluding diaryl/α,β-unsaturated/α-hetero) is 1. The molecule has 10 atom stereocenters. The number of aromatic hydroxyl groups is 1. The summed E-state index contributed by atoms with van der Waals surface area (Å²) >= 11 is 0. The fraction of sp³-hybridized carbons (Fsp3) is 0.556. The molecular formula is C27H34O12. The summed E-state index contributed by atoms with van der Waals surface area (Å²) in [6.07, 6.45) is -6.67. The number of carbonyl (C=O) groups excluding carboxylic acids is 2. The standard InChI is InChI=1S/C27H34O12/c1-3-17-18(10-16-8-15(30)9-20(37-16)13-4-6-14(29)7-5-13)19(25(34)35-2)12-36-26(17)39-27-24(33)23(32)22(31)21(11-28)38-27/h3-7,12,16-18,20-24,26-29,31-33H,1,8-11H2,2H3/t16-,17-,18+,20-,21-,22-,23+,24-,26+,27+/m1/s1. The molecule has 3 heterocycles. The van der Waals surface area contributed by atoms with Crippen molar-refractivity contribution in [2.45, 2.75) is 68.5 Å². The number of ether oxygens (including phenoxy) is 5. The molecule has 0 aliphatic carbocycles. The molecule has 2 fully saturated rings. The Morgan fingerprint density at radius 3 is 2.44 bits per heavy atom. The highest BCUT2D eigenvalue weighted by molar-refractivity contribution is 5.89. The van der Waals surface area contributed by atoms with E-state index in [2.05, 4.69) is 6.58 Å². The number of ketones is 1. The van der Waals surface area contributed by atoms with Crippen LogP contribution in [0.3, 0.4) is 0 Å². The Balaban J connectivity index is 1.55. The van der Waals surface area contributed by atoms with Crippen molar-refractivity contribution in [3.05, 3.63) is 54.3 Å². The quantitative estimate of drug-likeness (QED) is 0.220. The maximum Gasteiger partial charge on any atom is 0.337 e. The predicted octanol–water partition coefficient (Wildman–Crippen LogP) is 0.220. The van der Waals surface area contributed by atoms with E-state index in [1.807, 2.05) is 0 Å². The average Bonchev–Trinajstić information content (AvgIpc) is 2.93. The molecule has 12 nitrogen and oxygen atoms in total. The van der Waals surface area contributed by atoms with Gasteiger partial charge in [0, 0.05) is 24.7 Å². The number of hydrogen-bond donors (Lipinski definition) is 5. The third-order valence-electron chi connectivity index (χ3n) is 7.32. The number of methoxy groups -OCH3 is 1. The minimum absolute atomic E-state index is 0.0238. The second-order valence-electron chi connectivity index (χ2n) is 9.84. The second-order valence-corrected chi connectivity index (χ2v) is 9.84. The van der Waals surface area contributed by atoms with Crippen LogP contribution in [0.15, 0.2) is 48.8 Å². The van der Waals surface area contributed by atoms with Crippen molar-refractivity contribution in [1.82, 2.24) is 0 Å². The number of benzene rings is 1. The van der Waals surface area contributed by atoms with E-state index in [-0.39, 0.29) is 36.4 Å². The first-order valence-corrected chi connectivity index (χ1v) is 12.6. The highest BCUT2D eigenvalue weighted by Gasteiger charge is 2.48. The van der Waals surface area contributed by atoms with Crippen LogP contribution in [0, 0.1) is 11.8 Å². The van der Waals surface area contributed by atoms with E-state index in [1.54, 1.807) is 12.1 Å². The fourth-order valence-electron chi connectivity index (χ4n) is 5.21. The van der Waals surface area contributed by atoms with Crippen LogP contribution in [0.5, 0.6) is 5.75 Å². The highest BCUT2D eigenvalue weighted by atomic mass is 16.8. The van der Waals surface area contributed by atoms with E-state index in [1.165, 1.54) is 31.6 Å². The fourth-order valence-corrected chi connectivity index (χ4v) is 5.21. The SMILES string of the molecule is C=C[C@H]1[C@H](O[C@@H]2O[C@H](CO)[C@@H](O)[C@H](O)[C@H]2O)OC=C(C(=O)OC)[C@H]1C[C@H]1CC(=O)C[C@H](c2ccc(O)cc2)O1. The molecule has 5 N–H and O–H groups in total. The van der Waals surface area contributed by atoms with Gasteiger partial charge in [0.1, 0.15) is 35.9 Å². The van der Waals surface area contributed by atoms with E-state index in [0.717, 1.165) is 5.56 Å². The molecule has 0 saturated carbocycles. The van der Waals surface area contributed by atoms with Crippen molar-refractivity contribution >= 4 is 11.8 Å². The number of phenols is 1. The summed E-state index contributed by atoms with van der Waals surface area (Å²) < 4.78 is 28.1. The van der Waals surface area contributed by atoms with Gasteiger partial charge in [-0.2, -0.15) is 0 Å². The lowest BCUT2D eigenvalue weighted by molar-refractivity contribution is -0.339. The topological polar surface area (TPSA) is 181 Å². The molecule has 0 bridgehead atoms. The minimum atomic E-state index is -1.66. The summed E-state index contributed by atoms with van der Waals surface area (Å²) in [5, 5.41) is 49.7. The number of carbonyl (C=O) groups is 2. The Kier molecular flexibility index (Phi) is 9.39. The average molecular weight is 551 g/mol. The zero-order valence-corrected chi connectivity index (χ0v) is 21.4. The summed E-state index contributed by atoms with van der Waals surface area (Å²) in [7, 11) is 1.22. The molecule has 214 valence electrons. The molecule has 1 aromatic rings. The first kappa shape index (κ1) is 29.2. The van der Waals surface area contributed by atoms with Gasteiger partial charge in [0.25, 0.3) is 0 Å². The number of aliphatic hydroxyl groups is 4. The Morgan fingerprint density at radius 2 is 1.79 bits per heavy atom. The van der Waals surface area contributed by atoms with Crippen molar-refractivity contribution < 1.29 is 58.8 Å². The smallest absolute Gasteiger partial charge is 0.337 e. The van der Waals surface area contributed by atoms with Crippen molar-refractivity contribution in [3.63, 3.8) is 0 Å². The zero-order valence-electron chi connectivity index (χ0n) is 21.4. The largest absolute Gasteiger partial charge is 0.508 e. The number of esters is 1. The van der Waals surface area contributed by atoms with Gasteiger partial charge < -0.3 is 49.2 Å². The number of rotatable bonds is 8. The van der Waals surface area contributed by atoms with Gasteiger partial charge in [-0.15, -0.1) is 6.58 Å². The lowest BCUT2D eigenvalue weighted by Gasteiger charge is -2.43. The number of phenolic OH excluding ortho intramolecular Hbond substituents is 1. The van der Waals surface area contributed by atoms with Gasteiger partial charge in [-0.25, -0.2) is 4.79 Å². The summed E-state index contributed by atoms with van der Waals surface area (Å²) in [4.78, 5) is 25.3. The number of hydrogen-bond acceptors (Lipinski definition) is 12. The van der Waals surface area contributed by atoms with Crippen molar-refractivity contribution in [3.8, 4) is 5.75 Å². The van der Waals surface area contributed by atoms with Gasteiger partial charge in [-0.05, 0) is 24.1 Å². The molecule has 4 rings (SSSR count). The molecule has 3 aliphatic rings. The highest BCUT2D eigenvalue weighted by Crippen LogP contribution is 2.41. The Hall–Kier alpha value is -2.84. The van der Waals surface area contributed by atoms with Crippen molar-refractivity contribution in [2.24, 2.45) is 11.8 Å². The van der Waals surface area contributed by atoms with Gasteiger partial charge in [0.05, 0.1) is 37.8 Å².